The molecule has 1 aliphatic carbocycles. The van der Waals surface area contributed by atoms with Crippen molar-refractivity contribution in [3.05, 3.63) is 68.9 Å². The molecule has 0 amide bonds. The summed E-state index contributed by atoms with van der Waals surface area (Å²) in [5, 5.41) is 0. The Kier molecular flexibility index (Phi) is 10.5. The van der Waals surface area contributed by atoms with Gasteiger partial charge in [0.15, 0.2) is 0 Å². The summed E-state index contributed by atoms with van der Waals surface area (Å²) in [7, 11) is 3.76. The molecule has 34 heavy (non-hydrogen) atoms. The molecule has 0 heterocycles. The fourth-order valence-corrected chi connectivity index (χ4v) is 4.04. The fraction of sp³-hybridized carbons (Fsp3) is 0.562. The van der Waals surface area contributed by atoms with E-state index in [1.807, 2.05) is 14.1 Å². The van der Waals surface area contributed by atoms with Gasteiger partial charge in [-0.05, 0) is 87.5 Å². The maximum atomic E-state index is 4.75. The van der Waals surface area contributed by atoms with Crippen molar-refractivity contribution in [3.8, 4) is 0 Å². The lowest BCUT2D eigenvalue weighted by Crippen LogP contribution is -2.27. The van der Waals surface area contributed by atoms with Crippen molar-refractivity contribution in [1.82, 2.24) is 0 Å². The van der Waals surface area contributed by atoms with Gasteiger partial charge in [-0.2, -0.15) is 0 Å². The normalized spacial score (nSPS) is 20.3. The molecule has 2 nitrogen and oxygen atoms in total. The quantitative estimate of drug-likeness (QED) is 0.253. The van der Waals surface area contributed by atoms with Gasteiger partial charge in [0.2, 0.25) is 0 Å². The Morgan fingerprint density at radius 1 is 0.618 bits per heavy atom. The summed E-state index contributed by atoms with van der Waals surface area (Å²) in [4.78, 5) is 9.50. The van der Waals surface area contributed by atoms with Crippen LogP contribution in [0.2, 0.25) is 0 Å². The first-order valence-corrected chi connectivity index (χ1v) is 12.8. The van der Waals surface area contributed by atoms with E-state index in [0.717, 1.165) is 24.3 Å². The van der Waals surface area contributed by atoms with Gasteiger partial charge in [0.05, 0.1) is 11.4 Å². The summed E-state index contributed by atoms with van der Waals surface area (Å²) < 4.78 is 0. The largest absolute Gasteiger partial charge is 0.286 e. The summed E-state index contributed by atoms with van der Waals surface area (Å²) >= 11 is 0. The number of hydrogen-bond donors (Lipinski definition) is 0. The van der Waals surface area contributed by atoms with E-state index in [1.54, 1.807) is 0 Å². The molecule has 1 rings (SSSR count). The molecule has 0 saturated carbocycles. The van der Waals surface area contributed by atoms with Crippen LogP contribution in [-0.2, 0) is 0 Å². The van der Waals surface area contributed by atoms with Gasteiger partial charge in [0, 0.05) is 25.2 Å². The summed E-state index contributed by atoms with van der Waals surface area (Å²) in [6.07, 6.45) is 11.3. The molecule has 0 bridgehead atoms. The van der Waals surface area contributed by atoms with Gasteiger partial charge in [-0.25, -0.2) is 0 Å². The second-order valence-corrected chi connectivity index (χ2v) is 11.0. The van der Waals surface area contributed by atoms with Crippen LogP contribution in [0.4, 0.5) is 0 Å². The molecule has 1 aliphatic rings. The topological polar surface area (TPSA) is 24.7 Å². The van der Waals surface area contributed by atoms with Crippen LogP contribution in [0, 0.1) is 10.8 Å². The van der Waals surface area contributed by atoms with E-state index in [9.17, 15) is 0 Å². The summed E-state index contributed by atoms with van der Waals surface area (Å²) in [6.45, 7) is 27.0. The SMILES string of the molecule is CCC(C)(C)/C(C)=C/C=C(\C)C1=C(C)C(C)=C(/C(C)=C/C=C(\C)C(C)(C)CC)C(=NC)C1=NC. The molecule has 0 radical (unpaired) electrons. The molecule has 0 unspecified atom stereocenters. The van der Waals surface area contributed by atoms with E-state index in [0.29, 0.717) is 0 Å². The lowest BCUT2D eigenvalue weighted by Gasteiger charge is -2.28. The Labute approximate surface area is 211 Å². The standard InChI is InChI=1S/C32H50N2/c1-15-31(9,10)23(5)19-17-21(3)27-25(7)26(8)28(30(34-14)29(27)33-13)22(4)18-20-24(6)32(11,12)16-2/h17-20H,15-16H2,1-14H3/b21-17+,22-18+,23-19+,24-20+,33-29?,34-30?. The zero-order valence-electron chi connectivity index (χ0n) is 24.6. The van der Waals surface area contributed by atoms with Crippen molar-refractivity contribution >= 4 is 11.4 Å². The van der Waals surface area contributed by atoms with Gasteiger partial charge >= 0.3 is 0 Å². The first kappa shape index (κ1) is 29.8. The molecule has 0 N–H and O–H groups in total. The first-order valence-electron chi connectivity index (χ1n) is 12.8. The van der Waals surface area contributed by atoms with Gasteiger partial charge in [-0.15, -0.1) is 0 Å². The second kappa shape index (κ2) is 12.0. The average Bonchev–Trinajstić information content (AvgIpc) is 2.81. The predicted molar refractivity (Wildman–Crippen MR) is 155 cm³/mol. The van der Waals surface area contributed by atoms with Crippen LogP contribution in [0.3, 0.4) is 0 Å². The van der Waals surface area contributed by atoms with E-state index < -0.39 is 0 Å². The van der Waals surface area contributed by atoms with Gasteiger partial charge in [0.1, 0.15) is 0 Å². The van der Waals surface area contributed by atoms with Crippen molar-refractivity contribution in [2.45, 2.75) is 95.9 Å². The highest BCUT2D eigenvalue weighted by Crippen LogP contribution is 2.36. The Bertz CT molecular complexity index is 941. The van der Waals surface area contributed by atoms with Crippen molar-refractivity contribution in [1.29, 1.82) is 0 Å². The van der Waals surface area contributed by atoms with Crippen LogP contribution in [-0.4, -0.2) is 25.5 Å². The van der Waals surface area contributed by atoms with Crippen LogP contribution >= 0.6 is 0 Å². The highest BCUT2D eigenvalue weighted by Gasteiger charge is 2.28. The van der Waals surface area contributed by atoms with E-state index in [4.69, 9.17) is 9.98 Å². The molecule has 0 aromatic rings. The third-order valence-corrected chi connectivity index (χ3v) is 8.32. The molecule has 2 heteroatoms. The summed E-state index contributed by atoms with van der Waals surface area (Å²) in [6, 6.07) is 0. The van der Waals surface area contributed by atoms with Crippen LogP contribution in [0.1, 0.15) is 95.9 Å². The minimum Gasteiger partial charge on any atom is -0.286 e. The molecule has 0 aromatic carbocycles. The number of nitrogens with zero attached hydrogens (tertiary/aromatic N) is 2. The smallest absolute Gasteiger partial charge is 0.0906 e. The van der Waals surface area contributed by atoms with Crippen molar-refractivity contribution < 1.29 is 0 Å². The Morgan fingerprint density at radius 3 is 1.15 bits per heavy atom. The second-order valence-electron chi connectivity index (χ2n) is 11.0. The van der Waals surface area contributed by atoms with E-state index in [1.165, 1.54) is 44.6 Å². The molecule has 0 aliphatic heterocycles. The molecular weight excluding hydrogens is 412 g/mol. The third kappa shape index (κ3) is 6.46. The zero-order chi connectivity index (χ0) is 26.4. The molecule has 0 saturated heterocycles. The monoisotopic (exact) mass is 462 g/mol. The molecule has 0 fully saturated rings. The number of allylic oxidation sites excluding steroid dienone is 12. The highest BCUT2D eigenvalue weighted by molar-refractivity contribution is 6.56. The number of hydrogen-bond acceptors (Lipinski definition) is 2. The Morgan fingerprint density at radius 2 is 0.912 bits per heavy atom. The lowest BCUT2D eigenvalue weighted by molar-refractivity contribution is 0.429. The maximum Gasteiger partial charge on any atom is 0.0906 e. The average molecular weight is 463 g/mol. The number of rotatable bonds is 8. The van der Waals surface area contributed by atoms with E-state index >= 15 is 0 Å². The molecule has 188 valence electrons. The van der Waals surface area contributed by atoms with Crippen LogP contribution < -0.4 is 0 Å². The predicted octanol–water partition coefficient (Wildman–Crippen LogP) is 9.43. The van der Waals surface area contributed by atoms with Gasteiger partial charge in [-0.3, -0.25) is 9.98 Å². The third-order valence-electron chi connectivity index (χ3n) is 8.32. The van der Waals surface area contributed by atoms with Gasteiger partial charge in [-0.1, -0.05) is 77.0 Å². The minimum atomic E-state index is 0.202. The molecule has 0 spiro atoms. The van der Waals surface area contributed by atoms with Crippen LogP contribution in [0.25, 0.3) is 0 Å². The zero-order valence-corrected chi connectivity index (χ0v) is 24.6. The van der Waals surface area contributed by atoms with Crippen LogP contribution in [0.15, 0.2) is 78.9 Å². The maximum absolute atomic E-state index is 4.75. The van der Waals surface area contributed by atoms with Gasteiger partial charge < -0.3 is 0 Å². The highest BCUT2D eigenvalue weighted by atomic mass is 14.8. The first-order chi connectivity index (χ1) is 15.7. The molecule has 0 atom stereocenters. The molecular formula is C32H50N2. The van der Waals surface area contributed by atoms with E-state index in [2.05, 4.69) is 107 Å². The lowest BCUT2D eigenvalue weighted by atomic mass is 9.78. The van der Waals surface area contributed by atoms with Crippen molar-refractivity contribution in [2.75, 3.05) is 14.1 Å². The molecule has 0 aromatic heterocycles. The fourth-order valence-electron chi connectivity index (χ4n) is 4.04. The van der Waals surface area contributed by atoms with Crippen molar-refractivity contribution in [2.24, 2.45) is 20.8 Å². The van der Waals surface area contributed by atoms with E-state index in [-0.39, 0.29) is 10.8 Å². The summed E-state index contributed by atoms with van der Waals surface area (Å²) in [5.74, 6) is 0. The van der Waals surface area contributed by atoms with Crippen LogP contribution in [0.5, 0.6) is 0 Å². The summed E-state index contributed by atoms with van der Waals surface area (Å²) in [5.41, 5.74) is 12.6. The Hall–Kier alpha value is -2.22. The van der Waals surface area contributed by atoms with Gasteiger partial charge in [0.25, 0.3) is 0 Å². The minimum absolute atomic E-state index is 0.202. The number of aliphatic imine (C=N–C) groups is 2. The van der Waals surface area contributed by atoms with Crippen molar-refractivity contribution in [3.63, 3.8) is 0 Å². The Balaban J connectivity index is 3.71.